The number of hydrogen-bond donors (Lipinski definition) is 0. The van der Waals surface area contributed by atoms with Crippen LogP contribution in [-0.4, -0.2) is 6.16 Å². The van der Waals surface area contributed by atoms with Crippen LogP contribution in [0, 0.1) is 24.7 Å². The molecular weight excluding hydrogens is 252 g/mol. The summed E-state index contributed by atoms with van der Waals surface area (Å²) in [6, 6.07) is 13.1. The van der Waals surface area contributed by atoms with E-state index in [1.807, 2.05) is 0 Å². The van der Waals surface area contributed by atoms with Crippen molar-refractivity contribution in [1.29, 1.82) is 0 Å². The quantitative estimate of drug-likeness (QED) is 0.473. The van der Waals surface area contributed by atoms with Gasteiger partial charge in [0.15, 0.2) is 0 Å². The van der Waals surface area contributed by atoms with Gasteiger partial charge in [-0.2, -0.15) is 0 Å². The second kappa shape index (κ2) is 6.13. The Morgan fingerprint density at radius 2 is 1.10 bits per heavy atom. The molecule has 2 aromatic carbocycles. The minimum atomic E-state index is -0.827. The summed E-state index contributed by atoms with van der Waals surface area (Å²) in [7, 11) is 0. The highest BCUT2D eigenvalue weighted by Crippen LogP contribution is 2.15. The van der Waals surface area contributed by atoms with Gasteiger partial charge in [0.05, 0.1) is 0 Å². The van der Waals surface area contributed by atoms with Crippen molar-refractivity contribution in [3.63, 3.8) is 0 Å². The Morgan fingerprint density at radius 1 is 0.750 bits per heavy atom. The normalized spacial score (nSPS) is 9.10. The Kier molecular flexibility index (Phi) is 4.07. The molecule has 3 nitrogen and oxygen atoms in total. The molecule has 2 rings (SSSR count). The second-order valence-corrected chi connectivity index (χ2v) is 3.79. The molecule has 2 aromatic rings. The Balaban J connectivity index is 1.97. The van der Waals surface area contributed by atoms with Crippen molar-refractivity contribution in [1.82, 2.24) is 0 Å². The molecule has 0 amide bonds. The molecule has 0 aliphatic rings. The van der Waals surface area contributed by atoms with Crippen molar-refractivity contribution in [2.45, 2.75) is 0 Å². The van der Waals surface area contributed by atoms with Crippen molar-refractivity contribution in [2.24, 2.45) is 0 Å². The van der Waals surface area contributed by atoms with Gasteiger partial charge in [0.2, 0.25) is 0 Å². The maximum absolute atomic E-state index is 11.6. The van der Waals surface area contributed by atoms with E-state index < -0.39 is 6.16 Å². The second-order valence-electron chi connectivity index (χ2n) is 3.79. The number of carbonyl (C=O) groups excluding carboxylic acids is 1. The van der Waals surface area contributed by atoms with Crippen LogP contribution >= 0.6 is 0 Å². The van der Waals surface area contributed by atoms with Gasteiger partial charge in [0, 0.05) is 11.1 Å². The van der Waals surface area contributed by atoms with E-state index >= 15 is 0 Å². The third-order valence-corrected chi connectivity index (χ3v) is 2.44. The van der Waals surface area contributed by atoms with Crippen LogP contribution < -0.4 is 9.47 Å². The smallest absolute Gasteiger partial charge is 0.395 e. The topological polar surface area (TPSA) is 35.5 Å². The van der Waals surface area contributed by atoms with E-state index in [2.05, 4.69) is 11.8 Å². The average Bonchev–Trinajstić information content (AvgIpc) is 2.49. The highest BCUT2D eigenvalue weighted by Gasteiger charge is 2.07. The zero-order chi connectivity index (χ0) is 14.4. The first-order valence-corrected chi connectivity index (χ1v) is 5.74. The Hall–Kier alpha value is -3.17. The molecular formula is C17H10O3. The number of benzene rings is 2. The summed E-state index contributed by atoms with van der Waals surface area (Å²) >= 11 is 0. The third kappa shape index (κ3) is 3.41. The Morgan fingerprint density at radius 3 is 1.40 bits per heavy atom. The fraction of sp³-hybridized carbons (Fsp3) is 0. The Labute approximate surface area is 117 Å². The maximum atomic E-state index is 11.6. The molecule has 0 bridgehead atoms. The summed E-state index contributed by atoms with van der Waals surface area (Å²) in [5, 5.41) is 0. The average molecular weight is 262 g/mol. The predicted octanol–water partition coefficient (Wildman–Crippen LogP) is 3.23. The van der Waals surface area contributed by atoms with Crippen molar-refractivity contribution in [3.8, 4) is 36.2 Å². The summed E-state index contributed by atoms with van der Waals surface area (Å²) in [5.74, 6) is 5.65. The predicted molar refractivity (Wildman–Crippen MR) is 75.4 cm³/mol. The molecule has 0 radical (unpaired) electrons. The fourth-order valence-electron chi connectivity index (χ4n) is 1.45. The van der Waals surface area contributed by atoms with Crippen LogP contribution in [-0.2, 0) is 0 Å². The van der Waals surface area contributed by atoms with E-state index in [-0.39, 0.29) is 0 Å². The van der Waals surface area contributed by atoms with Crippen LogP contribution in [0.2, 0.25) is 0 Å². The number of rotatable bonds is 2. The standard InChI is InChI=1S/C17H10O3/c1-3-13-5-9-15(10-6-13)19-17(18)20-16-11-7-14(4-2)8-12-16/h1-2,5-12H. The number of carbonyl (C=O) groups is 1. The van der Waals surface area contributed by atoms with E-state index in [0.29, 0.717) is 22.6 Å². The minimum absolute atomic E-state index is 0.356. The van der Waals surface area contributed by atoms with Crippen molar-refractivity contribution < 1.29 is 14.3 Å². The number of hydrogen-bond acceptors (Lipinski definition) is 3. The first-order valence-electron chi connectivity index (χ1n) is 5.74. The van der Waals surface area contributed by atoms with Gasteiger partial charge < -0.3 is 9.47 Å². The molecule has 96 valence electrons. The lowest BCUT2D eigenvalue weighted by atomic mass is 10.2. The minimum Gasteiger partial charge on any atom is -0.395 e. The molecule has 0 aliphatic heterocycles. The van der Waals surface area contributed by atoms with Gasteiger partial charge in [-0.1, -0.05) is 11.8 Å². The molecule has 0 aliphatic carbocycles. The monoisotopic (exact) mass is 262 g/mol. The lowest BCUT2D eigenvalue weighted by molar-refractivity contribution is 0.152. The van der Waals surface area contributed by atoms with E-state index in [0.717, 1.165) is 0 Å². The van der Waals surface area contributed by atoms with Gasteiger partial charge in [-0.3, -0.25) is 0 Å². The summed E-state index contributed by atoms with van der Waals surface area (Å²) in [4.78, 5) is 11.6. The molecule has 3 heteroatoms. The molecule has 0 saturated heterocycles. The number of ether oxygens (including phenoxy) is 2. The molecule has 0 heterocycles. The molecule has 0 fully saturated rings. The summed E-state index contributed by atoms with van der Waals surface area (Å²) in [6.07, 6.45) is 9.63. The first kappa shape index (κ1) is 13.3. The van der Waals surface area contributed by atoms with Crippen LogP contribution in [0.4, 0.5) is 4.79 Å². The lowest BCUT2D eigenvalue weighted by Gasteiger charge is -2.05. The molecule has 0 spiro atoms. The Bertz CT molecular complexity index is 622. The fourth-order valence-corrected chi connectivity index (χ4v) is 1.45. The van der Waals surface area contributed by atoms with Gasteiger partial charge in [0.1, 0.15) is 11.5 Å². The summed E-state index contributed by atoms with van der Waals surface area (Å²) < 4.78 is 10.0. The van der Waals surface area contributed by atoms with Crippen molar-refractivity contribution >= 4 is 6.16 Å². The molecule has 0 N–H and O–H groups in total. The highest BCUT2D eigenvalue weighted by molar-refractivity contribution is 5.67. The molecule has 0 saturated carbocycles. The first-order chi connectivity index (χ1) is 9.71. The summed E-state index contributed by atoms with van der Waals surface area (Å²) in [6.45, 7) is 0. The highest BCUT2D eigenvalue weighted by atomic mass is 16.7. The van der Waals surface area contributed by atoms with Crippen molar-refractivity contribution in [3.05, 3.63) is 59.7 Å². The number of terminal acetylenes is 2. The molecule has 20 heavy (non-hydrogen) atoms. The van der Waals surface area contributed by atoms with Crippen molar-refractivity contribution in [2.75, 3.05) is 0 Å². The molecule has 0 atom stereocenters. The summed E-state index contributed by atoms with van der Waals surface area (Å²) in [5.41, 5.74) is 1.41. The van der Waals surface area contributed by atoms with Crippen LogP contribution in [0.1, 0.15) is 11.1 Å². The van der Waals surface area contributed by atoms with Crippen LogP contribution in [0.3, 0.4) is 0 Å². The van der Waals surface area contributed by atoms with Gasteiger partial charge in [-0.15, -0.1) is 12.8 Å². The largest absolute Gasteiger partial charge is 0.519 e. The molecule has 0 aromatic heterocycles. The van der Waals surface area contributed by atoms with E-state index in [4.69, 9.17) is 22.3 Å². The zero-order valence-corrected chi connectivity index (χ0v) is 10.5. The third-order valence-electron chi connectivity index (χ3n) is 2.44. The van der Waals surface area contributed by atoms with E-state index in [1.165, 1.54) is 0 Å². The van der Waals surface area contributed by atoms with Gasteiger partial charge >= 0.3 is 6.16 Å². The van der Waals surface area contributed by atoms with Gasteiger partial charge in [-0.25, -0.2) is 4.79 Å². The maximum Gasteiger partial charge on any atom is 0.519 e. The van der Waals surface area contributed by atoms with Crippen LogP contribution in [0.5, 0.6) is 11.5 Å². The van der Waals surface area contributed by atoms with E-state index in [9.17, 15) is 4.79 Å². The van der Waals surface area contributed by atoms with Gasteiger partial charge in [0.25, 0.3) is 0 Å². The van der Waals surface area contributed by atoms with E-state index in [1.54, 1.807) is 48.5 Å². The SMILES string of the molecule is C#Cc1ccc(OC(=O)Oc2ccc(C#C)cc2)cc1. The molecule has 0 unspecified atom stereocenters. The zero-order valence-electron chi connectivity index (χ0n) is 10.5. The van der Waals surface area contributed by atoms with Crippen LogP contribution in [0.25, 0.3) is 0 Å². The lowest BCUT2D eigenvalue weighted by Crippen LogP contribution is -2.13. The van der Waals surface area contributed by atoms with Crippen LogP contribution in [0.15, 0.2) is 48.5 Å². The van der Waals surface area contributed by atoms with Gasteiger partial charge in [-0.05, 0) is 48.5 Å².